The summed E-state index contributed by atoms with van der Waals surface area (Å²) in [6, 6.07) is 16.0. The van der Waals surface area contributed by atoms with Crippen molar-refractivity contribution in [3.8, 4) is 17.0 Å². The van der Waals surface area contributed by atoms with Crippen molar-refractivity contribution in [2.24, 2.45) is 5.16 Å². The highest BCUT2D eigenvalue weighted by molar-refractivity contribution is 7.86. The van der Waals surface area contributed by atoms with Gasteiger partial charge in [-0.25, -0.2) is 0 Å². The van der Waals surface area contributed by atoms with Crippen molar-refractivity contribution in [1.82, 2.24) is 10.2 Å². The first-order valence-corrected chi connectivity index (χ1v) is 11.1. The number of ether oxygens (including phenoxy) is 1. The Morgan fingerprint density at radius 3 is 2.60 bits per heavy atom. The van der Waals surface area contributed by atoms with Crippen LogP contribution in [-0.2, 0) is 20.8 Å². The molecule has 3 rings (SSSR count). The number of para-hydroxylation sites is 1. The highest BCUT2D eigenvalue weighted by Gasteiger charge is 2.16. The van der Waals surface area contributed by atoms with E-state index >= 15 is 0 Å². The molecule has 0 spiro atoms. The molecule has 1 heterocycles. The van der Waals surface area contributed by atoms with E-state index in [1.54, 1.807) is 19.1 Å². The van der Waals surface area contributed by atoms with E-state index in [0.717, 1.165) is 34.7 Å². The number of benzene rings is 2. The Bertz CT molecular complexity index is 1120. The van der Waals surface area contributed by atoms with Gasteiger partial charge in [0.2, 0.25) is 0 Å². The first-order valence-electron chi connectivity index (χ1n) is 9.69. The van der Waals surface area contributed by atoms with Gasteiger partial charge in [-0.3, -0.25) is 9.38 Å². The van der Waals surface area contributed by atoms with Crippen LogP contribution in [0.2, 0.25) is 0 Å². The Morgan fingerprint density at radius 1 is 1.13 bits per heavy atom. The fraction of sp³-hybridized carbons (Fsp3) is 0.273. The number of nitrogens with one attached hydrogen (secondary N) is 1. The largest absolute Gasteiger partial charge is 0.493 e. The smallest absolute Gasteiger partial charge is 0.358 e. The van der Waals surface area contributed by atoms with Crippen molar-refractivity contribution >= 4 is 15.8 Å². The predicted octanol–water partition coefficient (Wildman–Crippen LogP) is 4.50. The Kier molecular flexibility index (Phi) is 6.89. The minimum atomic E-state index is -3.95. The van der Waals surface area contributed by atoms with Crippen molar-refractivity contribution in [3.05, 3.63) is 65.9 Å². The zero-order valence-corrected chi connectivity index (χ0v) is 18.1. The minimum absolute atomic E-state index is 0.0668. The van der Waals surface area contributed by atoms with Crippen molar-refractivity contribution < 1.29 is 17.4 Å². The maximum absolute atomic E-state index is 12.2. The second-order valence-electron chi connectivity index (χ2n) is 6.97. The molecule has 0 aliphatic carbocycles. The van der Waals surface area contributed by atoms with Crippen LogP contribution in [0, 0.1) is 6.92 Å². The van der Waals surface area contributed by atoms with E-state index in [1.807, 2.05) is 37.3 Å². The van der Waals surface area contributed by atoms with Gasteiger partial charge in [0.1, 0.15) is 10.6 Å². The van der Waals surface area contributed by atoms with Gasteiger partial charge in [0, 0.05) is 17.7 Å². The van der Waals surface area contributed by atoms with E-state index in [1.165, 1.54) is 12.1 Å². The molecule has 0 saturated heterocycles. The Labute approximate surface area is 176 Å². The Balaban J connectivity index is 1.69. The number of aryl methyl sites for hydroxylation is 1. The van der Waals surface area contributed by atoms with Crippen molar-refractivity contribution in [2.45, 2.75) is 38.5 Å². The molecule has 0 fully saturated rings. The van der Waals surface area contributed by atoms with Gasteiger partial charge in [-0.1, -0.05) is 41.9 Å². The zero-order chi connectivity index (χ0) is 21.6. The van der Waals surface area contributed by atoms with E-state index in [0.29, 0.717) is 18.7 Å². The molecule has 0 aliphatic rings. The molecule has 7 nitrogen and oxygen atoms in total. The van der Waals surface area contributed by atoms with Crippen molar-refractivity contribution in [3.63, 3.8) is 0 Å². The van der Waals surface area contributed by atoms with Gasteiger partial charge < -0.3 is 4.74 Å². The van der Waals surface area contributed by atoms with E-state index in [-0.39, 0.29) is 4.90 Å². The molecule has 1 N–H and O–H groups in total. The molecular weight excluding hydrogens is 402 g/mol. The average Bonchev–Trinajstić information content (AvgIpc) is 3.19. The number of aromatic amines is 1. The molecule has 0 saturated carbocycles. The molecule has 8 heteroatoms. The highest BCUT2D eigenvalue weighted by atomic mass is 32.2. The van der Waals surface area contributed by atoms with E-state index < -0.39 is 10.1 Å². The van der Waals surface area contributed by atoms with Gasteiger partial charge in [-0.2, -0.15) is 13.5 Å². The topological polar surface area (TPSA) is 93.6 Å². The summed E-state index contributed by atoms with van der Waals surface area (Å²) in [7, 11) is -3.95. The first kappa shape index (κ1) is 21.6. The number of nitrogens with zero attached hydrogens (tertiary/aromatic N) is 2. The summed E-state index contributed by atoms with van der Waals surface area (Å²) >= 11 is 0. The summed E-state index contributed by atoms with van der Waals surface area (Å²) in [5.74, 6) is 0.773. The van der Waals surface area contributed by atoms with Crippen LogP contribution < -0.4 is 4.74 Å². The first-order chi connectivity index (χ1) is 14.4. The maximum atomic E-state index is 12.2. The third kappa shape index (κ3) is 5.48. The lowest BCUT2D eigenvalue weighted by molar-refractivity contribution is 0.318. The second-order valence-corrected chi connectivity index (χ2v) is 8.50. The van der Waals surface area contributed by atoms with Gasteiger partial charge >= 0.3 is 10.1 Å². The van der Waals surface area contributed by atoms with E-state index in [4.69, 9.17) is 9.02 Å². The number of H-pyrrole nitrogens is 1. The summed E-state index contributed by atoms with van der Waals surface area (Å²) < 4.78 is 35.1. The van der Waals surface area contributed by atoms with Crippen molar-refractivity contribution in [1.29, 1.82) is 0 Å². The molecule has 0 amide bonds. The molecule has 0 radical (unpaired) electrons. The Morgan fingerprint density at radius 2 is 1.87 bits per heavy atom. The van der Waals surface area contributed by atoms with Crippen LogP contribution in [0.5, 0.6) is 5.75 Å². The summed E-state index contributed by atoms with van der Waals surface area (Å²) in [6.07, 6.45) is 1.29. The lowest BCUT2D eigenvalue weighted by atomic mass is 10.1. The number of rotatable bonds is 9. The molecule has 0 aliphatic heterocycles. The summed E-state index contributed by atoms with van der Waals surface area (Å²) in [5.41, 5.74) is 3.88. The fourth-order valence-corrected chi connectivity index (χ4v) is 3.56. The number of oxime groups is 1. The van der Waals surface area contributed by atoms with Crippen LogP contribution in [0.15, 0.2) is 64.6 Å². The summed E-state index contributed by atoms with van der Waals surface area (Å²) in [4.78, 5) is 0.0668. The molecule has 0 atom stereocenters. The van der Waals surface area contributed by atoms with Crippen LogP contribution in [-0.4, -0.2) is 30.9 Å². The summed E-state index contributed by atoms with van der Waals surface area (Å²) in [6.45, 7) is 6.27. The fourth-order valence-electron chi connectivity index (χ4n) is 2.77. The van der Waals surface area contributed by atoms with Crippen LogP contribution in [0.25, 0.3) is 11.3 Å². The maximum Gasteiger partial charge on any atom is 0.358 e. The molecule has 2 aromatic carbocycles. The third-order valence-electron chi connectivity index (χ3n) is 4.30. The van der Waals surface area contributed by atoms with Gasteiger partial charge in [0.25, 0.3) is 0 Å². The lowest BCUT2D eigenvalue weighted by Crippen LogP contribution is -2.06. The molecule has 0 unspecified atom stereocenters. The summed E-state index contributed by atoms with van der Waals surface area (Å²) in [5, 5.41) is 11.1. The second kappa shape index (κ2) is 9.58. The number of aromatic nitrogens is 2. The van der Waals surface area contributed by atoms with Crippen LogP contribution in [0.1, 0.15) is 31.5 Å². The lowest BCUT2D eigenvalue weighted by Gasteiger charge is -2.08. The van der Waals surface area contributed by atoms with E-state index in [9.17, 15) is 8.42 Å². The van der Waals surface area contributed by atoms with Crippen molar-refractivity contribution in [2.75, 3.05) is 6.61 Å². The quantitative estimate of drug-likeness (QED) is 0.401. The van der Waals surface area contributed by atoms with Gasteiger partial charge in [0.15, 0.2) is 0 Å². The number of hydrogen-bond donors (Lipinski definition) is 1. The normalized spacial score (nSPS) is 12.0. The molecule has 1 aromatic heterocycles. The predicted molar refractivity (Wildman–Crippen MR) is 116 cm³/mol. The molecule has 0 bridgehead atoms. The average molecular weight is 428 g/mol. The third-order valence-corrected chi connectivity index (χ3v) is 5.42. The standard InChI is InChI=1S/C22H25N3O4S/c1-4-13-28-22-8-6-5-7-20(22)21-15-18(23-24-21)14-17(3)25-29-30(26,27)19-11-9-16(2)10-12-19/h5-12,15H,4,13-14H2,1-3H3,(H,23,24). The minimum Gasteiger partial charge on any atom is -0.493 e. The van der Waals surface area contributed by atoms with Crippen LogP contribution in [0.3, 0.4) is 0 Å². The van der Waals surface area contributed by atoms with Gasteiger partial charge in [-0.15, -0.1) is 0 Å². The van der Waals surface area contributed by atoms with Gasteiger partial charge in [0.05, 0.1) is 18.0 Å². The molecular formula is C22H25N3O4S. The Hall–Kier alpha value is -3.13. The van der Waals surface area contributed by atoms with Crippen LogP contribution >= 0.6 is 0 Å². The SMILES string of the molecule is CCCOc1ccccc1-c1cc(CC(C)=NOS(=O)(=O)c2ccc(C)cc2)[nH]n1. The highest BCUT2D eigenvalue weighted by Crippen LogP contribution is 2.29. The molecule has 30 heavy (non-hydrogen) atoms. The number of hydrogen-bond acceptors (Lipinski definition) is 6. The molecule has 158 valence electrons. The van der Waals surface area contributed by atoms with E-state index in [2.05, 4.69) is 22.3 Å². The van der Waals surface area contributed by atoms with Crippen LogP contribution in [0.4, 0.5) is 0 Å². The zero-order valence-electron chi connectivity index (χ0n) is 17.3. The monoisotopic (exact) mass is 427 g/mol. The molecule has 3 aromatic rings. The van der Waals surface area contributed by atoms with Gasteiger partial charge in [-0.05, 0) is 50.6 Å².